The lowest BCUT2D eigenvalue weighted by atomic mass is 10.1. The molecule has 0 bridgehead atoms. The van der Waals surface area contributed by atoms with E-state index >= 15 is 0 Å². The highest BCUT2D eigenvalue weighted by atomic mass is 16.3. The maximum atomic E-state index is 9.49. The highest BCUT2D eigenvalue weighted by Gasteiger charge is 2.18. The summed E-state index contributed by atoms with van der Waals surface area (Å²) in [6.07, 6.45) is 9.31. The van der Waals surface area contributed by atoms with Gasteiger partial charge >= 0.3 is 0 Å². The topological polar surface area (TPSA) is 36.4 Å². The van der Waals surface area contributed by atoms with Gasteiger partial charge in [0.15, 0.2) is 0 Å². The van der Waals surface area contributed by atoms with E-state index in [1.54, 1.807) is 13.1 Å². The highest BCUT2D eigenvalue weighted by Crippen LogP contribution is 2.24. The van der Waals surface area contributed by atoms with Crippen LogP contribution in [0.1, 0.15) is 57.1 Å². The predicted octanol–water partition coefficient (Wildman–Crippen LogP) is 3.29. The van der Waals surface area contributed by atoms with Crippen molar-refractivity contribution in [3.63, 3.8) is 0 Å². The molecule has 2 rings (SSSR count). The summed E-state index contributed by atoms with van der Waals surface area (Å²) in [6, 6.07) is 4.62. The van der Waals surface area contributed by atoms with Crippen LogP contribution in [0.15, 0.2) is 18.3 Å². The zero-order valence-electron chi connectivity index (χ0n) is 11.5. The van der Waals surface area contributed by atoms with Crippen LogP contribution in [0.2, 0.25) is 0 Å². The molecule has 3 nitrogen and oxygen atoms in total. The molecule has 1 saturated carbocycles. The number of hydrogen-bond donors (Lipinski definition) is 1. The minimum Gasteiger partial charge on any atom is -0.389 e. The molecule has 0 spiro atoms. The number of hydrogen-bond acceptors (Lipinski definition) is 3. The van der Waals surface area contributed by atoms with E-state index in [2.05, 4.69) is 16.9 Å². The fourth-order valence-electron chi connectivity index (χ4n) is 2.69. The molecule has 1 aliphatic carbocycles. The Kier molecular flexibility index (Phi) is 4.59. The van der Waals surface area contributed by atoms with Gasteiger partial charge in [0, 0.05) is 19.3 Å². The third-order valence-corrected chi connectivity index (χ3v) is 3.99. The first-order chi connectivity index (χ1) is 8.68. The fraction of sp³-hybridized carbons (Fsp3) is 0.667. The van der Waals surface area contributed by atoms with Crippen LogP contribution in [-0.2, 0) is 0 Å². The number of aliphatic hydroxyl groups is 1. The van der Waals surface area contributed by atoms with E-state index < -0.39 is 6.10 Å². The smallest absolute Gasteiger partial charge is 0.128 e. The van der Waals surface area contributed by atoms with Crippen molar-refractivity contribution in [3.8, 4) is 0 Å². The molecule has 0 saturated heterocycles. The molecule has 1 heterocycles. The monoisotopic (exact) mass is 248 g/mol. The molecule has 18 heavy (non-hydrogen) atoms. The molecule has 0 unspecified atom stereocenters. The van der Waals surface area contributed by atoms with Crippen molar-refractivity contribution in [1.29, 1.82) is 0 Å². The maximum absolute atomic E-state index is 9.49. The summed E-state index contributed by atoms with van der Waals surface area (Å²) < 4.78 is 0. The summed E-state index contributed by atoms with van der Waals surface area (Å²) >= 11 is 0. The van der Waals surface area contributed by atoms with Crippen molar-refractivity contribution in [1.82, 2.24) is 4.98 Å². The van der Waals surface area contributed by atoms with Gasteiger partial charge in [0.1, 0.15) is 5.82 Å². The number of rotatable bonds is 3. The third kappa shape index (κ3) is 3.22. The van der Waals surface area contributed by atoms with Gasteiger partial charge in [-0.05, 0) is 31.4 Å². The molecule has 1 N–H and O–H groups in total. The zero-order chi connectivity index (χ0) is 13.0. The van der Waals surface area contributed by atoms with E-state index in [1.807, 2.05) is 12.1 Å². The quantitative estimate of drug-likeness (QED) is 0.834. The summed E-state index contributed by atoms with van der Waals surface area (Å²) in [5, 5.41) is 9.49. The van der Waals surface area contributed by atoms with Gasteiger partial charge < -0.3 is 10.0 Å². The molecule has 1 atom stereocenters. The lowest BCUT2D eigenvalue weighted by Crippen LogP contribution is -2.31. The lowest BCUT2D eigenvalue weighted by molar-refractivity contribution is 0.199. The molecule has 1 aromatic rings. The van der Waals surface area contributed by atoms with Gasteiger partial charge in [-0.1, -0.05) is 31.7 Å². The minimum absolute atomic E-state index is 0.435. The number of aliphatic hydroxyl groups excluding tert-OH is 1. The van der Waals surface area contributed by atoms with Crippen LogP contribution in [0.5, 0.6) is 0 Å². The van der Waals surface area contributed by atoms with Gasteiger partial charge in [-0.25, -0.2) is 4.98 Å². The van der Waals surface area contributed by atoms with Gasteiger partial charge in [-0.2, -0.15) is 0 Å². The van der Waals surface area contributed by atoms with Gasteiger partial charge in [0.25, 0.3) is 0 Å². The number of anilines is 1. The molecule has 0 aliphatic heterocycles. The van der Waals surface area contributed by atoms with E-state index in [-0.39, 0.29) is 0 Å². The number of pyridine rings is 1. The van der Waals surface area contributed by atoms with Crippen LogP contribution in [0.3, 0.4) is 0 Å². The third-order valence-electron chi connectivity index (χ3n) is 3.99. The second-order valence-electron chi connectivity index (χ2n) is 5.38. The minimum atomic E-state index is -0.435. The first kappa shape index (κ1) is 13.3. The normalized spacial score (nSPS) is 19.3. The Morgan fingerprint density at radius 3 is 2.39 bits per heavy atom. The van der Waals surface area contributed by atoms with Crippen molar-refractivity contribution >= 4 is 5.82 Å². The van der Waals surface area contributed by atoms with E-state index in [4.69, 9.17) is 0 Å². The fourth-order valence-corrected chi connectivity index (χ4v) is 2.69. The Balaban J connectivity index is 2.05. The molecule has 100 valence electrons. The summed E-state index contributed by atoms with van der Waals surface area (Å²) in [4.78, 5) is 6.77. The molecular weight excluding hydrogens is 224 g/mol. The number of aromatic nitrogens is 1. The van der Waals surface area contributed by atoms with Crippen molar-refractivity contribution < 1.29 is 5.11 Å². The number of nitrogens with zero attached hydrogens (tertiary/aromatic N) is 2. The van der Waals surface area contributed by atoms with Gasteiger partial charge in [-0.3, -0.25) is 0 Å². The van der Waals surface area contributed by atoms with Crippen molar-refractivity contribution in [2.75, 3.05) is 11.9 Å². The van der Waals surface area contributed by atoms with Crippen LogP contribution in [0, 0.1) is 0 Å². The van der Waals surface area contributed by atoms with Crippen molar-refractivity contribution in [2.24, 2.45) is 0 Å². The van der Waals surface area contributed by atoms with Gasteiger partial charge in [0.2, 0.25) is 0 Å². The largest absolute Gasteiger partial charge is 0.389 e. The van der Waals surface area contributed by atoms with Crippen molar-refractivity contribution in [2.45, 2.75) is 57.6 Å². The SMILES string of the molecule is C[C@@H](O)c1ccc(N(C)C2CCCCCC2)nc1. The zero-order valence-corrected chi connectivity index (χ0v) is 11.5. The molecule has 0 aromatic carbocycles. The van der Waals surface area contributed by atoms with Crippen LogP contribution < -0.4 is 4.90 Å². The lowest BCUT2D eigenvalue weighted by Gasteiger charge is -2.28. The van der Waals surface area contributed by atoms with E-state index in [0.717, 1.165) is 11.4 Å². The first-order valence-electron chi connectivity index (χ1n) is 7.05. The Labute approximate surface area is 110 Å². The van der Waals surface area contributed by atoms with Crippen LogP contribution >= 0.6 is 0 Å². The Morgan fingerprint density at radius 2 is 1.89 bits per heavy atom. The first-order valence-corrected chi connectivity index (χ1v) is 7.05. The Bertz CT molecular complexity index is 353. The molecular formula is C15H24N2O. The molecule has 0 radical (unpaired) electrons. The maximum Gasteiger partial charge on any atom is 0.128 e. The second-order valence-corrected chi connectivity index (χ2v) is 5.38. The predicted molar refractivity (Wildman–Crippen MR) is 74.8 cm³/mol. The van der Waals surface area contributed by atoms with Crippen molar-refractivity contribution in [3.05, 3.63) is 23.9 Å². The summed E-state index contributed by atoms with van der Waals surface area (Å²) in [5.74, 6) is 1.02. The molecule has 1 fully saturated rings. The molecule has 3 heteroatoms. The molecule has 1 aromatic heterocycles. The standard InChI is InChI=1S/C15H24N2O/c1-12(18)13-9-10-15(16-11-13)17(2)14-7-5-3-4-6-8-14/h9-12,14,18H,3-8H2,1-2H3/t12-/m1/s1. The Hall–Kier alpha value is -1.09. The second kappa shape index (κ2) is 6.19. The van der Waals surface area contributed by atoms with E-state index in [1.165, 1.54) is 38.5 Å². The molecule has 1 aliphatic rings. The molecule has 0 amide bonds. The van der Waals surface area contributed by atoms with E-state index in [0.29, 0.717) is 6.04 Å². The average Bonchev–Trinajstić information content (AvgIpc) is 2.67. The summed E-state index contributed by atoms with van der Waals surface area (Å²) in [6.45, 7) is 1.77. The Morgan fingerprint density at radius 1 is 1.22 bits per heavy atom. The van der Waals surface area contributed by atoms with E-state index in [9.17, 15) is 5.11 Å². The van der Waals surface area contributed by atoms with Crippen LogP contribution in [0.4, 0.5) is 5.82 Å². The van der Waals surface area contributed by atoms with Crippen LogP contribution in [-0.4, -0.2) is 23.2 Å². The van der Waals surface area contributed by atoms with Crippen LogP contribution in [0.25, 0.3) is 0 Å². The highest BCUT2D eigenvalue weighted by molar-refractivity contribution is 5.39. The summed E-state index contributed by atoms with van der Waals surface area (Å²) in [7, 11) is 2.14. The summed E-state index contributed by atoms with van der Waals surface area (Å²) in [5.41, 5.74) is 0.882. The average molecular weight is 248 g/mol. The van der Waals surface area contributed by atoms with Gasteiger partial charge in [0.05, 0.1) is 6.10 Å². The van der Waals surface area contributed by atoms with Gasteiger partial charge in [-0.15, -0.1) is 0 Å².